The Balaban J connectivity index is 2.58. The maximum atomic E-state index is 11.4. The minimum Gasteiger partial charge on any atom is -0.469 e. The molecule has 2 aromatic rings. The monoisotopic (exact) mass is 276 g/mol. The van der Waals surface area contributed by atoms with Crippen LogP contribution in [0.15, 0.2) is 30.3 Å². The van der Waals surface area contributed by atoms with Gasteiger partial charge in [-0.3, -0.25) is 4.79 Å². The summed E-state index contributed by atoms with van der Waals surface area (Å²) in [5.41, 5.74) is 2.18. The van der Waals surface area contributed by atoms with Crippen LogP contribution in [0.1, 0.15) is 30.9 Å². The number of carbonyl (C=O) groups excluding carboxylic acids is 1. The molecule has 0 unspecified atom stereocenters. The average molecular weight is 277 g/mol. The Morgan fingerprint density at radius 1 is 1.26 bits per heavy atom. The van der Waals surface area contributed by atoms with E-state index in [0.29, 0.717) is 12.3 Å². The van der Waals surface area contributed by atoms with Gasteiger partial charge in [-0.2, -0.15) is 0 Å². The van der Waals surface area contributed by atoms with Gasteiger partial charge in [-0.05, 0) is 39.9 Å². The van der Waals surface area contributed by atoms with Crippen molar-refractivity contribution in [1.29, 1.82) is 0 Å². The van der Waals surface area contributed by atoms with Gasteiger partial charge in [0, 0.05) is 5.02 Å². The first-order valence-corrected chi connectivity index (χ1v) is 6.68. The molecule has 0 fully saturated rings. The number of ether oxygens (including phenoxy) is 1. The molecule has 0 saturated heterocycles. The van der Waals surface area contributed by atoms with Gasteiger partial charge in [-0.1, -0.05) is 43.6 Å². The van der Waals surface area contributed by atoms with E-state index in [4.69, 9.17) is 16.3 Å². The summed E-state index contributed by atoms with van der Waals surface area (Å²) in [4.78, 5) is 11.4. The molecule has 2 nitrogen and oxygen atoms in total. The number of benzene rings is 2. The molecule has 0 atom stereocenters. The molecule has 0 radical (unpaired) electrons. The molecule has 0 aliphatic carbocycles. The highest BCUT2D eigenvalue weighted by Gasteiger charge is 2.10. The van der Waals surface area contributed by atoms with Gasteiger partial charge < -0.3 is 4.74 Å². The van der Waals surface area contributed by atoms with E-state index in [1.54, 1.807) is 0 Å². The summed E-state index contributed by atoms with van der Waals surface area (Å²) in [5.74, 6) is 0.154. The van der Waals surface area contributed by atoms with E-state index in [-0.39, 0.29) is 5.97 Å². The summed E-state index contributed by atoms with van der Waals surface area (Å²) >= 11 is 6.07. The molecule has 0 aliphatic rings. The van der Waals surface area contributed by atoms with Gasteiger partial charge in [-0.25, -0.2) is 0 Å². The fourth-order valence-electron chi connectivity index (χ4n) is 2.24. The van der Waals surface area contributed by atoms with Crippen molar-refractivity contribution < 1.29 is 9.53 Å². The van der Waals surface area contributed by atoms with Crippen molar-refractivity contribution in [2.45, 2.75) is 26.2 Å². The van der Waals surface area contributed by atoms with Crippen molar-refractivity contribution in [2.24, 2.45) is 0 Å². The minimum atomic E-state index is -0.219. The Labute approximate surface area is 118 Å². The van der Waals surface area contributed by atoms with Gasteiger partial charge in [0.1, 0.15) is 0 Å². The zero-order valence-corrected chi connectivity index (χ0v) is 12.1. The highest BCUT2D eigenvalue weighted by molar-refractivity contribution is 6.31. The Kier molecular flexibility index (Phi) is 4.11. The lowest BCUT2D eigenvalue weighted by Crippen LogP contribution is -2.05. The molecule has 0 spiro atoms. The normalized spacial score (nSPS) is 11.0. The quantitative estimate of drug-likeness (QED) is 0.780. The van der Waals surface area contributed by atoms with Crippen LogP contribution in [-0.4, -0.2) is 13.1 Å². The van der Waals surface area contributed by atoms with Gasteiger partial charge in [0.15, 0.2) is 0 Å². The number of rotatable bonds is 3. The number of halogens is 1. The molecule has 0 heterocycles. The predicted octanol–water partition coefficient (Wildman–Crippen LogP) is 4.33. The van der Waals surface area contributed by atoms with Crippen LogP contribution < -0.4 is 0 Å². The summed E-state index contributed by atoms with van der Waals surface area (Å²) in [6.07, 6.45) is 0.300. The number of hydrogen-bond donors (Lipinski definition) is 0. The van der Waals surface area contributed by atoms with E-state index in [1.165, 1.54) is 12.7 Å². The predicted molar refractivity (Wildman–Crippen MR) is 78.8 cm³/mol. The molecule has 0 aliphatic heterocycles. The van der Waals surface area contributed by atoms with Crippen molar-refractivity contribution in [1.82, 2.24) is 0 Å². The third-order valence-corrected chi connectivity index (χ3v) is 3.44. The molecule has 0 N–H and O–H groups in total. The third kappa shape index (κ3) is 3.07. The zero-order valence-electron chi connectivity index (χ0n) is 11.4. The van der Waals surface area contributed by atoms with E-state index in [1.807, 2.05) is 24.3 Å². The maximum Gasteiger partial charge on any atom is 0.309 e. The number of esters is 1. The largest absolute Gasteiger partial charge is 0.469 e. The average Bonchev–Trinajstić information content (AvgIpc) is 2.37. The molecule has 0 aromatic heterocycles. The van der Waals surface area contributed by atoms with Crippen molar-refractivity contribution in [3.8, 4) is 0 Å². The Morgan fingerprint density at radius 2 is 2.00 bits per heavy atom. The van der Waals surface area contributed by atoms with E-state index < -0.39 is 0 Å². The summed E-state index contributed by atoms with van der Waals surface area (Å²) in [6, 6.07) is 9.93. The van der Waals surface area contributed by atoms with Crippen LogP contribution in [-0.2, 0) is 16.0 Å². The third-order valence-electron chi connectivity index (χ3n) is 3.21. The molecule has 0 saturated carbocycles. The van der Waals surface area contributed by atoms with Crippen molar-refractivity contribution in [3.63, 3.8) is 0 Å². The van der Waals surface area contributed by atoms with E-state index in [9.17, 15) is 4.79 Å². The minimum absolute atomic E-state index is 0.219. The first-order chi connectivity index (χ1) is 9.01. The van der Waals surface area contributed by atoms with Gasteiger partial charge in [0.05, 0.1) is 13.5 Å². The first-order valence-electron chi connectivity index (χ1n) is 6.30. The van der Waals surface area contributed by atoms with Gasteiger partial charge in [0.25, 0.3) is 0 Å². The first kappa shape index (κ1) is 13.9. The van der Waals surface area contributed by atoms with Crippen LogP contribution in [0.5, 0.6) is 0 Å². The summed E-state index contributed by atoms with van der Waals surface area (Å²) in [6.45, 7) is 4.27. The highest BCUT2D eigenvalue weighted by Crippen LogP contribution is 2.29. The van der Waals surface area contributed by atoms with E-state index in [0.717, 1.165) is 21.4 Å². The number of hydrogen-bond acceptors (Lipinski definition) is 2. The molecule has 0 amide bonds. The van der Waals surface area contributed by atoms with Crippen LogP contribution in [0.4, 0.5) is 0 Å². The van der Waals surface area contributed by atoms with Gasteiger partial charge in [0.2, 0.25) is 0 Å². The second kappa shape index (κ2) is 5.62. The lowest BCUT2D eigenvalue weighted by Gasteiger charge is -2.13. The lowest BCUT2D eigenvalue weighted by atomic mass is 9.93. The fraction of sp³-hybridized carbons (Fsp3) is 0.312. The molecule has 100 valence electrons. The van der Waals surface area contributed by atoms with Crippen LogP contribution in [0.25, 0.3) is 10.8 Å². The number of carbonyl (C=O) groups is 1. The van der Waals surface area contributed by atoms with Crippen molar-refractivity contribution in [3.05, 3.63) is 46.5 Å². The Bertz CT molecular complexity index is 617. The van der Waals surface area contributed by atoms with Gasteiger partial charge >= 0.3 is 5.97 Å². The summed E-state index contributed by atoms with van der Waals surface area (Å²) < 4.78 is 4.73. The number of fused-ring (bicyclic) bond motifs is 1. The zero-order chi connectivity index (χ0) is 14.0. The maximum absolute atomic E-state index is 11.4. The second-order valence-electron chi connectivity index (χ2n) is 4.96. The van der Waals surface area contributed by atoms with Crippen molar-refractivity contribution in [2.75, 3.05) is 7.11 Å². The smallest absolute Gasteiger partial charge is 0.309 e. The fourth-order valence-corrected chi connectivity index (χ4v) is 2.41. The van der Waals surface area contributed by atoms with Crippen LogP contribution in [0.3, 0.4) is 0 Å². The highest BCUT2D eigenvalue weighted by atomic mass is 35.5. The molecular formula is C16H17ClO2. The van der Waals surface area contributed by atoms with Crippen LogP contribution >= 0.6 is 11.6 Å². The summed E-state index contributed by atoms with van der Waals surface area (Å²) in [5, 5.41) is 2.99. The van der Waals surface area contributed by atoms with Crippen LogP contribution in [0, 0.1) is 0 Å². The van der Waals surface area contributed by atoms with E-state index >= 15 is 0 Å². The van der Waals surface area contributed by atoms with Gasteiger partial charge in [-0.15, -0.1) is 0 Å². The topological polar surface area (TPSA) is 26.3 Å². The molecule has 19 heavy (non-hydrogen) atoms. The Morgan fingerprint density at radius 3 is 2.63 bits per heavy atom. The second-order valence-corrected chi connectivity index (χ2v) is 5.39. The lowest BCUT2D eigenvalue weighted by molar-refractivity contribution is -0.139. The van der Waals surface area contributed by atoms with Crippen molar-refractivity contribution >= 4 is 28.3 Å². The molecular weight excluding hydrogens is 260 g/mol. The molecule has 2 rings (SSSR count). The molecule has 2 aromatic carbocycles. The standard InChI is InChI=1S/C16H17ClO2/c1-10(2)14-7-11(8-16(18)19-3)6-12-4-5-13(17)9-15(12)14/h4-7,9-10H,8H2,1-3H3. The molecule has 0 bridgehead atoms. The Hall–Kier alpha value is -1.54. The SMILES string of the molecule is COC(=O)Cc1cc(C(C)C)c2cc(Cl)ccc2c1. The summed E-state index contributed by atoms with van der Waals surface area (Å²) in [7, 11) is 1.41. The number of methoxy groups -OCH3 is 1. The van der Waals surface area contributed by atoms with Crippen LogP contribution in [0.2, 0.25) is 5.02 Å². The molecule has 3 heteroatoms. The van der Waals surface area contributed by atoms with E-state index in [2.05, 4.69) is 19.9 Å².